The van der Waals surface area contributed by atoms with Crippen LogP contribution in [-0.4, -0.2) is 11.2 Å². The van der Waals surface area contributed by atoms with Gasteiger partial charge in [-0.15, -0.1) is 0 Å². The number of aryl methyl sites for hydroxylation is 1. The van der Waals surface area contributed by atoms with Gasteiger partial charge in [0, 0.05) is 0 Å². The van der Waals surface area contributed by atoms with E-state index < -0.39 is 0 Å². The van der Waals surface area contributed by atoms with Crippen LogP contribution in [0.3, 0.4) is 0 Å². The van der Waals surface area contributed by atoms with E-state index in [1.807, 2.05) is 0 Å². The van der Waals surface area contributed by atoms with Crippen LogP contribution in [-0.2, 0) is 6.42 Å². The summed E-state index contributed by atoms with van der Waals surface area (Å²) in [5.41, 5.74) is 2.96. The van der Waals surface area contributed by atoms with Gasteiger partial charge < -0.3 is 5.11 Å². The zero-order valence-corrected chi connectivity index (χ0v) is 12.3. The Morgan fingerprint density at radius 1 is 0.947 bits per heavy atom. The molecule has 0 amide bonds. The summed E-state index contributed by atoms with van der Waals surface area (Å²) in [5.74, 6) is 0.678. The standard InChI is InChI=1S/C18H28O/c1-2-3-4-5-6-15-7-9-16(10-8-15)17-11-13-18(19)14-12-17/h7-10,17-19H,2-6,11-14H2,1H3/t17-,18-. The predicted molar refractivity (Wildman–Crippen MR) is 81.5 cm³/mol. The molecule has 1 aromatic carbocycles. The van der Waals surface area contributed by atoms with Gasteiger partial charge in [0.1, 0.15) is 0 Å². The fraction of sp³-hybridized carbons (Fsp3) is 0.667. The van der Waals surface area contributed by atoms with E-state index in [0.29, 0.717) is 5.92 Å². The summed E-state index contributed by atoms with van der Waals surface area (Å²) in [7, 11) is 0. The number of rotatable bonds is 6. The lowest BCUT2D eigenvalue weighted by Crippen LogP contribution is -2.16. The fourth-order valence-electron chi connectivity index (χ4n) is 3.12. The van der Waals surface area contributed by atoms with E-state index in [1.54, 1.807) is 0 Å². The van der Waals surface area contributed by atoms with Crippen LogP contribution in [0.25, 0.3) is 0 Å². The average molecular weight is 260 g/mol. The summed E-state index contributed by atoms with van der Waals surface area (Å²) >= 11 is 0. The Labute approximate surface area is 118 Å². The first kappa shape index (κ1) is 14.6. The smallest absolute Gasteiger partial charge is 0.0540 e. The normalized spacial score (nSPS) is 23.5. The van der Waals surface area contributed by atoms with E-state index >= 15 is 0 Å². The topological polar surface area (TPSA) is 20.2 Å². The number of aliphatic hydroxyl groups excluding tert-OH is 1. The first-order valence-electron chi connectivity index (χ1n) is 8.06. The molecule has 19 heavy (non-hydrogen) atoms. The molecule has 1 aromatic rings. The Bertz CT molecular complexity index is 346. The first-order chi connectivity index (χ1) is 9.29. The van der Waals surface area contributed by atoms with E-state index in [4.69, 9.17) is 0 Å². The lowest BCUT2D eigenvalue weighted by atomic mass is 9.82. The molecule has 1 nitrogen and oxygen atoms in total. The van der Waals surface area contributed by atoms with Gasteiger partial charge >= 0.3 is 0 Å². The quantitative estimate of drug-likeness (QED) is 0.726. The van der Waals surface area contributed by atoms with Gasteiger partial charge in [0.2, 0.25) is 0 Å². The number of hydrogen-bond acceptors (Lipinski definition) is 1. The molecular formula is C18H28O. The maximum atomic E-state index is 9.56. The second-order valence-corrected chi connectivity index (χ2v) is 6.06. The van der Waals surface area contributed by atoms with Gasteiger partial charge in [-0.25, -0.2) is 0 Å². The predicted octanol–water partition coefficient (Wildman–Crippen LogP) is 4.83. The van der Waals surface area contributed by atoms with Gasteiger partial charge in [0.05, 0.1) is 6.10 Å². The number of unbranched alkanes of at least 4 members (excludes halogenated alkanes) is 3. The van der Waals surface area contributed by atoms with Gasteiger partial charge in [-0.1, -0.05) is 50.5 Å². The maximum absolute atomic E-state index is 9.56. The second kappa shape index (κ2) is 7.69. The Morgan fingerprint density at radius 2 is 1.63 bits per heavy atom. The van der Waals surface area contributed by atoms with Crippen molar-refractivity contribution in [2.75, 3.05) is 0 Å². The summed E-state index contributed by atoms with van der Waals surface area (Å²) in [5, 5.41) is 9.56. The molecule has 0 spiro atoms. The van der Waals surface area contributed by atoms with Gasteiger partial charge in [-0.05, 0) is 55.6 Å². The highest BCUT2D eigenvalue weighted by atomic mass is 16.3. The second-order valence-electron chi connectivity index (χ2n) is 6.06. The zero-order chi connectivity index (χ0) is 13.5. The highest BCUT2D eigenvalue weighted by Crippen LogP contribution is 2.32. The minimum absolute atomic E-state index is 0.0471. The summed E-state index contributed by atoms with van der Waals surface area (Å²) in [6.45, 7) is 2.26. The van der Waals surface area contributed by atoms with E-state index in [9.17, 15) is 5.11 Å². The number of benzene rings is 1. The summed E-state index contributed by atoms with van der Waals surface area (Å²) in [6, 6.07) is 9.26. The third-order valence-electron chi connectivity index (χ3n) is 4.47. The third-order valence-corrected chi connectivity index (χ3v) is 4.47. The summed E-state index contributed by atoms with van der Waals surface area (Å²) < 4.78 is 0. The van der Waals surface area contributed by atoms with Crippen molar-refractivity contribution in [3.63, 3.8) is 0 Å². The molecule has 0 heterocycles. The van der Waals surface area contributed by atoms with Crippen molar-refractivity contribution in [2.24, 2.45) is 0 Å². The van der Waals surface area contributed by atoms with Crippen LogP contribution < -0.4 is 0 Å². The largest absolute Gasteiger partial charge is 0.393 e. The summed E-state index contributed by atoms with van der Waals surface area (Å²) in [6.07, 6.45) is 10.8. The van der Waals surface area contributed by atoms with Crippen molar-refractivity contribution >= 4 is 0 Å². The van der Waals surface area contributed by atoms with Gasteiger partial charge in [-0.2, -0.15) is 0 Å². The Morgan fingerprint density at radius 3 is 2.26 bits per heavy atom. The summed E-state index contributed by atoms with van der Waals surface area (Å²) in [4.78, 5) is 0. The van der Waals surface area contributed by atoms with Crippen molar-refractivity contribution in [3.05, 3.63) is 35.4 Å². The molecular weight excluding hydrogens is 232 g/mol. The van der Waals surface area contributed by atoms with E-state index in [-0.39, 0.29) is 6.10 Å². The number of hydrogen-bond donors (Lipinski definition) is 1. The molecule has 1 aliphatic carbocycles. The SMILES string of the molecule is CCCCCCc1ccc([C@H]2CC[C@H](O)CC2)cc1. The Kier molecular flexibility index (Phi) is 5.91. The lowest BCUT2D eigenvalue weighted by Gasteiger charge is -2.25. The van der Waals surface area contributed by atoms with Crippen LogP contribution in [0.15, 0.2) is 24.3 Å². The van der Waals surface area contributed by atoms with Crippen molar-refractivity contribution in [3.8, 4) is 0 Å². The molecule has 0 aromatic heterocycles. The molecule has 1 N–H and O–H groups in total. The highest BCUT2D eigenvalue weighted by molar-refractivity contribution is 5.25. The van der Waals surface area contributed by atoms with Crippen molar-refractivity contribution < 1.29 is 5.11 Å². The third kappa shape index (κ3) is 4.65. The van der Waals surface area contributed by atoms with Gasteiger partial charge in [0.15, 0.2) is 0 Å². The minimum Gasteiger partial charge on any atom is -0.393 e. The monoisotopic (exact) mass is 260 g/mol. The molecule has 1 saturated carbocycles. The minimum atomic E-state index is -0.0471. The molecule has 2 rings (SSSR count). The van der Waals surface area contributed by atoms with E-state index in [0.717, 1.165) is 25.7 Å². The zero-order valence-electron chi connectivity index (χ0n) is 12.3. The van der Waals surface area contributed by atoms with Gasteiger partial charge in [-0.3, -0.25) is 0 Å². The molecule has 1 heteroatoms. The van der Waals surface area contributed by atoms with Crippen LogP contribution in [0, 0.1) is 0 Å². The molecule has 1 aliphatic rings. The Balaban J connectivity index is 1.81. The van der Waals surface area contributed by atoms with E-state index in [1.165, 1.54) is 43.2 Å². The molecule has 0 saturated heterocycles. The van der Waals surface area contributed by atoms with E-state index in [2.05, 4.69) is 31.2 Å². The lowest BCUT2D eigenvalue weighted by molar-refractivity contribution is 0.122. The van der Waals surface area contributed by atoms with Crippen LogP contribution in [0.1, 0.15) is 75.3 Å². The van der Waals surface area contributed by atoms with Crippen LogP contribution in [0.4, 0.5) is 0 Å². The van der Waals surface area contributed by atoms with Crippen molar-refractivity contribution in [2.45, 2.75) is 76.7 Å². The average Bonchev–Trinajstić information content (AvgIpc) is 2.45. The maximum Gasteiger partial charge on any atom is 0.0540 e. The molecule has 0 bridgehead atoms. The highest BCUT2D eigenvalue weighted by Gasteiger charge is 2.20. The van der Waals surface area contributed by atoms with Crippen LogP contribution in [0.5, 0.6) is 0 Å². The van der Waals surface area contributed by atoms with Gasteiger partial charge in [0.25, 0.3) is 0 Å². The molecule has 0 atom stereocenters. The molecule has 0 aliphatic heterocycles. The van der Waals surface area contributed by atoms with Crippen molar-refractivity contribution in [1.82, 2.24) is 0 Å². The first-order valence-corrected chi connectivity index (χ1v) is 8.06. The van der Waals surface area contributed by atoms with Crippen LogP contribution in [0.2, 0.25) is 0 Å². The van der Waals surface area contributed by atoms with Crippen molar-refractivity contribution in [1.29, 1.82) is 0 Å². The van der Waals surface area contributed by atoms with Crippen LogP contribution >= 0.6 is 0 Å². The molecule has 0 radical (unpaired) electrons. The number of aliphatic hydroxyl groups is 1. The molecule has 106 valence electrons. The molecule has 0 unspecified atom stereocenters. The molecule has 1 fully saturated rings. The fourth-order valence-corrected chi connectivity index (χ4v) is 3.12. The Hall–Kier alpha value is -0.820.